The molecule has 0 bridgehead atoms. The van der Waals surface area contributed by atoms with Crippen LogP contribution in [0.3, 0.4) is 0 Å². The highest BCUT2D eigenvalue weighted by molar-refractivity contribution is 9.09. The van der Waals surface area contributed by atoms with Crippen molar-refractivity contribution in [1.82, 2.24) is 4.90 Å². The standard InChI is InChI=1S/C13H16BrF3N2/c14-4-5-18-6-8-19(9-7-18)12-3-1-2-11(10-12)13(15,16)17/h1-3,10H,4-9H2. The van der Waals surface area contributed by atoms with E-state index in [2.05, 4.69) is 20.8 Å². The fourth-order valence-corrected chi connectivity index (χ4v) is 2.73. The van der Waals surface area contributed by atoms with Crippen molar-refractivity contribution in [1.29, 1.82) is 0 Å². The number of benzene rings is 1. The Morgan fingerprint density at radius 1 is 1.11 bits per heavy atom. The van der Waals surface area contributed by atoms with Gasteiger partial charge < -0.3 is 4.90 Å². The van der Waals surface area contributed by atoms with E-state index >= 15 is 0 Å². The highest BCUT2D eigenvalue weighted by atomic mass is 79.9. The van der Waals surface area contributed by atoms with Crippen molar-refractivity contribution in [2.24, 2.45) is 0 Å². The van der Waals surface area contributed by atoms with E-state index in [4.69, 9.17) is 0 Å². The summed E-state index contributed by atoms with van der Waals surface area (Å²) in [6.07, 6.45) is -4.27. The summed E-state index contributed by atoms with van der Waals surface area (Å²) in [6, 6.07) is 5.57. The van der Waals surface area contributed by atoms with E-state index in [0.717, 1.165) is 44.1 Å². The van der Waals surface area contributed by atoms with Crippen LogP contribution < -0.4 is 4.90 Å². The lowest BCUT2D eigenvalue weighted by molar-refractivity contribution is -0.137. The molecule has 1 aliphatic rings. The Bertz CT molecular complexity index is 415. The van der Waals surface area contributed by atoms with Crippen LogP contribution in [-0.2, 0) is 6.18 Å². The largest absolute Gasteiger partial charge is 0.416 e. The Kier molecular flexibility index (Phi) is 4.73. The van der Waals surface area contributed by atoms with Gasteiger partial charge in [0.05, 0.1) is 5.56 Å². The van der Waals surface area contributed by atoms with Crippen LogP contribution >= 0.6 is 15.9 Å². The number of hydrogen-bond acceptors (Lipinski definition) is 2. The number of rotatable bonds is 3. The third kappa shape index (κ3) is 3.86. The predicted octanol–water partition coefficient (Wildman–Crippen LogP) is 3.22. The van der Waals surface area contributed by atoms with Crippen molar-refractivity contribution in [3.05, 3.63) is 29.8 Å². The number of hydrogen-bond donors (Lipinski definition) is 0. The first-order valence-corrected chi connectivity index (χ1v) is 7.33. The molecule has 0 spiro atoms. The molecule has 0 aromatic heterocycles. The van der Waals surface area contributed by atoms with Gasteiger partial charge in [-0.25, -0.2) is 0 Å². The molecule has 0 radical (unpaired) electrons. The van der Waals surface area contributed by atoms with Crippen LogP contribution in [0.2, 0.25) is 0 Å². The number of piperazine rings is 1. The Balaban J connectivity index is 2.03. The second-order valence-electron chi connectivity index (χ2n) is 4.57. The number of anilines is 1. The van der Waals surface area contributed by atoms with Crippen LogP contribution in [-0.4, -0.2) is 43.0 Å². The smallest absolute Gasteiger partial charge is 0.369 e. The van der Waals surface area contributed by atoms with Crippen molar-refractivity contribution >= 4 is 21.6 Å². The molecule has 1 heterocycles. The summed E-state index contributed by atoms with van der Waals surface area (Å²) in [5, 5.41) is 0.927. The van der Waals surface area contributed by atoms with E-state index in [9.17, 15) is 13.2 Å². The van der Waals surface area contributed by atoms with Gasteiger partial charge in [0.15, 0.2) is 0 Å². The highest BCUT2D eigenvalue weighted by Crippen LogP contribution is 2.31. The second-order valence-corrected chi connectivity index (χ2v) is 5.36. The summed E-state index contributed by atoms with van der Waals surface area (Å²) in [5.41, 5.74) is 0.0844. The lowest BCUT2D eigenvalue weighted by atomic mass is 10.1. The minimum Gasteiger partial charge on any atom is -0.369 e. The molecule has 0 N–H and O–H groups in total. The first kappa shape index (κ1) is 14.7. The zero-order chi connectivity index (χ0) is 13.9. The molecular formula is C13H16BrF3N2. The minimum atomic E-state index is -4.27. The molecule has 2 nitrogen and oxygen atoms in total. The normalized spacial score (nSPS) is 17.8. The summed E-state index contributed by atoms with van der Waals surface area (Å²) in [6.45, 7) is 4.31. The van der Waals surface area contributed by atoms with Crippen LogP contribution in [0.15, 0.2) is 24.3 Å². The first-order valence-electron chi connectivity index (χ1n) is 6.21. The predicted molar refractivity (Wildman–Crippen MR) is 73.9 cm³/mol. The lowest BCUT2D eigenvalue weighted by Gasteiger charge is -2.36. The molecule has 0 aliphatic carbocycles. The number of nitrogens with zero attached hydrogens (tertiary/aromatic N) is 2. The Labute approximate surface area is 119 Å². The van der Waals surface area contributed by atoms with Crippen molar-refractivity contribution in [3.63, 3.8) is 0 Å². The minimum absolute atomic E-state index is 0.576. The van der Waals surface area contributed by atoms with Crippen LogP contribution in [0.25, 0.3) is 0 Å². The molecule has 1 aromatic rings. The average molecular weight is 337 g/mol. The molecule has 1 aliphatic heterocycles. The van der Waals surface area contributed by atoms with Gasteiger partial charge in [-0.2, -0.15) is 13.2 Å². The van der Waals surface area contributed by atoms with Crippen LogP contribution in [0.5, 0.6) is 0 Å². The Morgan fingerprint density at radius 2 is 1.79 bits per heavy atom. The number of halogens is 4. The summed E-state index contributed by atoms with van der Waals surface area (Å²) >= 11 is 3.40. The monoisotopic (exact) mass is 336 g/mol. The highest BCUT2D eigenvalue weighted by Gasteiger charge is 2.31. The van der Waals surface area contributed by atoms with Gasteiger partial charge in [-0.15, -0.1) is 0 Å². The van der Waals surface area contributed by atoms with Crippen LogP contribution in [0.4, 0.5) is 18.9 Å². The van der Waals surface area contributed by atoms with Gasteiger partial charge in [0.25, 0.3) is 0 Å². The van der Waals surface area contributed by atoms with E-state index in [-0.39, 0.29) is 0 Å². The number of alkyl halides is 4. The lowest BCUT2D eigenvalue weighted by Crippen LogP contribution is -2.46. The molecule has 0 atom stereocenters. The maximum atomic E-state index is 12.7. The van der Waals surface area contributed by atoms with Crippen molar-refractivity contribution in [3.8, 4) is 0 Å². The van der Waals surface area contributed by atoms with Gasteiger partial charge in [0.2, 0.25) is 0 Å². The van der Waals surface area contributed by atoms with Crippen LogP contribution in [0.1, 0.15) is 5.56 Å². The molecule has 1 saturated heterocycles. The molecule has 1 fully saturated rings. The molecule has 0 unspecified atom stereocenters. The first-order chi connectivity index (χ1) is 9.00. The van der Waals surface area contributed by atoms with Crippen molar-refractivity contribution in [2.45, 2.75) is 6.18 Å². The molecule has 6 heteroatoms. The topological polar surface area (TPSA) is 6.48 Å². The summed E-state index contributed by atoms with van der Waals surface area (Å²) in [7, 11) is 0. The molecule has 1 aromatic carbocycles. The van der Waals surface area contributed by atoms with E-state index in [1.165, 1.54) is 12.1 Å². The fraction of sp³-hybridized carbons (Fsp3) is 0.538. The van der Waals surface area contributed by atoms with Gasteiger partial charge in [-0.1, -0.05) is 22.0 Å². The second kappa shape index (κ2) is 6.13. The van der Waals surface area contributed by atoms with E-state index in [0.29, 0.717) is 5.69 Å². The molecule has 2 rings (SSSR count). The average Bonchev–Trinajstić information content (AvgIpc) is 2.39. The maximum absolute atomic E-state index is 12.7. The maximum Gasteiger partial charge on any atom is 0.416 e. The molecule has 19 heavy (non-hydrogen) atoms. The van der Waals surface area contributed by atoms with E-state index in [1.54, 1.807) is 6.07 Å². The third-order valence-corrected chi connectivity index (χ3v) is 3.67. The van der Waals surface area contributed by atoms with Gasteiger partial charge in [0, 0.05) is 43.7 Å². The van der Waals surface area contributed by atoms with Gasteiger partial charge in [-0.05, 0) is 18.2 Å². The van der Waals surface area contributed by atoms with Crippen LogP contribution in [0, 0.1) is 0 Å². The SMILES string of the molecule is FC(F)(F)c1cccc(N2CCN(CCBr)CC2)c1. The fourth-order valence-electron chi connectivity index (χ4n) is 2.23. The Hall–Kier alpha value is -0.750. The summed E-state index contributed by atoms with van der Waals surface area (Å²) in [4.78, 5) is 4.32. The summed E-state index contributed by atoms with van der Waals surface area (Å²) in [5.74, 6) is 0. The third-order valence-electron chi connectivity index (χ3n) is 3.31. The quantitative estimate of drug-likeness (QED) is 0.782. The summed E-state index contributed by atoms with van der Waals surface area (Å²) < 4.78 is 38.0. The zero-order valence-electron chi connectivity index (χ0n) is 10.5. The van der Waals surface area contributed by atoms with Gasteiger partial charge >= 0.3 is 6.18 Å². The van der Waals surface area contributed by atoms with Crippen molar-refractivity contribution < 1.29 is 13.2 Å². The van der Waals surface area contributed by atoms with Crippen molar-refractivity contribution in [2.75, 3.05) is 43.0 Å². The molecular weight excluding hydrogens is 321 g/mol. The zero-order valence-corrected chi connectivity index (χ0v) is 12.0. The molecule has 106 valence electrons. The van der Waals surface area contributed by atoms with Gasteiger partial charge in [-0.3, -0.25) is 4.90 Å². The molecule has 0 saturated carbocycles. The van der Waals surface area contributed by atoms with Gasteiger partial charge in [0.1, 0.15) is 0 Å². The van der Waals surface area contributed by atoms with E-state index in [1.807, 2.05) is 4.90 Å². The van der Waals surface area contributed by atoms with E-state index < -0.39 is 11.7 Å². The Morgan fingerprint density at radius 3 is 2.37 bits per heavy atom. The molecule has 0 amide bonds.